The van der Waals surface area contributed by atoms with Gasteiger partial charge in [0, 0.05) is 37.3 Å². The van der Waals surface area contributed by atoms with E-state index in [2.05, 4.69) is 17.0 Å². The molecule has 3 amide bonds. The number of fused-ring (bicyclic) bond motifs is 1. The second-order valence-electron chi connectivity index (χ2n) is 8.42. The summed E-state index contributed by atoms with van der Waals surface area (Å²) in [5, 5.41) is 0. The first-order valence-electron chi connectivity index (χ1n) is 10.2. The lowest BCUT2D eigenvalue weighted by molar-refractivity contribution is -0.119. The van der Waals surface area contributed by atoms with Crippen molar-refractivity contribution in [2.24, 2.45) is 5.73 Å². The Kier molecular flexibility index (Phi) is 4.32. The van der Waals surface area contributed by atoms with E-state index < -0.39 is 11.9 Å². The monoisotopic (exact) mass is 383 g/mol. The van der Waals surface area contributed by atoms with Crippen molar-refractivity contribution in [2.75, 3.05) is 44.3 Å². The van der Waals surface area contributed by atoms with E-state index in [1.165, 1.54) is 18.4 Å². The van der Waals surface area contributed by atoms with Crippen molar-refractivity contribution in [3.63, 3.8) is 0 Å². The molecule has 0 aromatic heterocycles. The average molecular weight is 383 g/mol. The number of anilines is 1. The van der Waals surface area contributed by atoms with E-state index in [0.717, 1.165) is 45.0 Å². The fourth-order valence-electron chi connectivity index (χ4n) is 5.01. The Balaban J connectivity index is 1.36. The topological polar surface area (TPSA) is 79.1 Å². The summed E-state index contributed by atoms with van der Waals surface area (Å²) in [4.78, 5) is 30.8. The molecule has 1 aromatic carbocycles. The van der Waals surface area contributed by atoms with E-state index in [1.54, 1.807) is 9.80 Å². The molecule has 2 atom stereocenters. The SMILES string of the molecule is NC(=O)C1[C@H]2[CH]CCN2C(=O)N1c1ccc(C2(CN3CCOCC3)CC2)cc1. The summed E-state index contributed by atoms with van der Waals surface area (Å²) in [5.74, 6) is -0.450. The number of rotatable bonds is 5. The Morgan fingerprint density at radius 2 is 1.86 bits per heavy atom. The van der Waals surface area contributed by atoms with Crippen LogP contribution in [0.2, 0.25) is 0 Å². The van der Waals surface area contributed by atoms with Gasteiger partial charge in [0.05, 0.1) is 19.3 Å². The van der Waals surface area contributed by atoms with Crippen LogP contribution in [0, 0.1) is 6.42 Å². The van der Waals surface area contributed by atoms with Gasteiger partial charge >= 0.3 is 6.03 Å². The van der Waals surface area contributed by atoms with Gasteiger partial charge in [-0.3, -0.25) is 14.6 Å². The third kappa shape index (κ3) is 2.88. The zero-order valence-corrected chi connectivity index (χ0v) is 16.0. The smallest absolute Gasteiger partial charge is 0.325 e. The van der Waals surface area contributed by atoms with E-state index in [4.69, 9.17) is 10.5 Å². The summed E-state index contributed by atoms with van der Waals surface area (Å²) in [6.07, 6.45) is 5.24. The number of hydrogen-bond donors (Lipinski definition) is 1. The summed E-state index contributed by atoms with van der Waals surface area (Å²) in [6, 6.07) is 7.26. The number of hydrogen-bond acceptors (Lipinski definition) is 4. The highest BCUT2D eigenvalue weighted by Gasteiger charge is 2.51. The normalized spacial score (nSPS) is 29.2. The van der Waals surface area contributed by atoms with Crippen LogP contribution in [-0.2, 0) is 14.9 Å². The van der Waals surface area contributed by atoms with Gasteiger partial charge in [-0.1, -0.05) is 12.1 Å². The second-order valence-corrected chi connectivity index (χ2v) is 8.42. The predicted octanol–water partition coefficient (Wildman–Crippen LogP) is 1.12. The highest BCUT2D eigenvalue weighted by molar-refractivity contribution is 6.04. The maximum atomic E-state index is 12.9. The van der Waals surface area contributed by atoms with Crippen molar-refractivity contribution >= 4 is 17.6 Å². The molecule has 7 nitrogen and oxygen atoms in total. The number of carbonyl (C=O) groups excluding carboxylic acids is 2. The second kappa shape index (κ2) is 6.74. The van der Waals surface area contributed by atoms with Crippen LogP contribution < -0.4 is 10.6 Å². The molecular weight excluding hydrogens is 356 g/mol. The Bertz CT molecular complexity index is 770. The molecule has 0 bridgehead atoms. The molecule has 1 unspecified atom stereocenters. The van der Waals surface area contributed by atoms with Gasteiger partial charge in [-0.15, -0.1) is 0 Å². The minimum Gasteiger partial charge on any atom is -0.379 e. The number of benzene rings is 1. The number of urea groups is 1. The van der Waals surface area contributed by atoms with Crippen LogP contribution in [0.15, 0.2) is 24.3 Å². The average Bonchev–Trinajstić information content (AvgIpc) is 3.21. The van der Waals surface area contributed by atoms with Gasteiger partial charge in [-0.25, -0.2) is 4.79 Å². The van der Waals surface area contributed by atoms with Gasteiger partial charge in [-0.2, -0.15) is 0 Å². The zero-order valence-electron chi connectivity index (χ0n) is 16.0. The highest BCUT2D eigenvalue weighted by Crippen LogP contribution is 2.49. The Labute approximate surface area is 165 Å². The Morgan fingerprint density at radius 1 is 1.14 bits per heavy atom. The molecule has 4 aliphatic rings. The number of primary amides is 1. The molecule has 3 aliphatic heterocycles. The Hall–Kier alpha value is -2.12. The molecule has 3 saturated heterocycles. The lowest BCUT2D eigenvalue weighted by Gasteiger charge is -2.31. The number of morpholine rings is 1. The summed E-state index contributed by atoms with van der Waals surface area (Å²) < 4.78 is 5.46. The zero-order chi connectivity index (χ0) is 19.3. The van der Waals surface area contributed by atoms with Gasteiger partial charge in [0.1, 0.15) is 6.04 Å². The van der Waals surface area contributed by atoms with E-state index in [0.29, 0.717) is 6.54 Å². The number of carbonyl (C=O) groups is 2. The third-order valence-electron chi connectivity index (χ3n) is 6.72. The first-order chi connectivity index (χ1) is 13.6. The van der Waals surface area contributed by atoms with Crippen LogP contribution in [0.25, 0.3) is 0 Å². The van der Waals surface area contributed by atoms with Crippen molar-refractivity contribution in [3.8, 4) is 0 Å². The van der Waals surface area contributed by atoms with E-state index in [-0.39, 0.29) is 17.5 Å². The number of nitrogens with zero attached hydrogens (tertiary/aromatic N) is 3. The molecule has 1 saturated carbocycles. The lowest BCUT2D eigenvalue weighted by atomic mass is 9.94. The predicted molar refractivity (Wildman–Crippen MR) is 105 cm³/mol. The van der Waals surface area contributed by atoms with E-state index in [1.807, 2.05) is 18.6 Å². The van der Waals surface area contributed by atoms with Gasteiger partial charge < -0.3 is 15.4 Å². The summed E-state index contributed by atoms with van der Waals surface area (Å²) >= 11 is 0. The molecule has 2 N–H and O–H groups in total. The van der Waals surface area contributed by atoms with Crippen LogP contribution in [0.5, 0.6) is 0 Å². The van der Waals surface area contributed by atoms with Gasteiger partial charge in [0.15, 0.2) is 0 Å². The summed E-state index contributed by atoms with van der Waals surface area (Å²) in [7, 11) is 0. The molecule has 4 fully saturated rings. The van der Waals surface area contributed by atoms with E-state index >= 15 is 0 Å². The maximum absolute atomic E-state index is 12.9. The molecule has 5 rings (SSSR count). The van der Waals surface area contributed by atoms with Crippen LogP contribution in [0.3, 0.4) is 0 Å². The van der Waals surface area contributed by atoms with Gasteiger partial charge in [0.2, 0.25) is 5.91 Å². The summed E-state index contributed by atoms with van der Waals surface area (Å²) in [5.41, 5.74) is 7.95. The van der Waals surface area contributed by atoms with Crippen molar-refractivity contribution in [1.29, 1.82) is 0 Å². The first-order valence-corrected chi connectivity index (χ1v) is 10.2. The molecule has 0 spiro atoms. The Morgan fingerprint density at radius 3 is 2.50 bits per heavy atom. The fourth-order valence-corrected chi connectivity index (χ4v) is 5.01. The van der Waals surface area contributed by atoms with Crippen molar-refractivity contribution in [1.82, 2.24) is 9.80 Å². The molecule has 1 aliphatic carbocycles. The number of amides is 3. The van der Waals surface area contributed by atoms with Gasteiger partial charge in [-0.05, 0) is 43.4 Å². The van der Waals surface area contributed by atoms with Crippen molar-refractivity contribution < 1.29 is 14.3 Å². The molecule has 149 valence electrons. The minimum absolute atomic E-state index is 0.121. The minimum atomic E-state index is -0.621. The van der Waals surface area contributed by atoms with Crippen LogP contribution >= 0.6 is 0 Å². The van der Waals surface area contributed by atoms with Gasteiger partial charge in [0.25, 0.3) is 0 Å². The van der Waals surface area contributed by atoms with Crippen molar-refractivity contribution in [3.05, 3.63) is 36.2 Å². The third-order valence-corrected chi connectivity index (χ3v) is 6.72. The van der Waals surface area contributed by atoms with Crippen molar-refractivity contribution in [2.45, 2.75) is 36.8 Å². The lowest BCUT2D eigenvalue weighted by Crippen LogP contribution is -2.46. The molecule has 28 heavy (non-hydrogen) atoms. The fraction of sp³-hybridized carbons (Fsp3) is 0.571. The molecule has 3 heterocycles. The molecule has 1 radical (unpaired) electrons. The molecule has 7 heteroatoms. The first kappa shape index (κ1) is 17.9. The molecule has 1 aromatic rings. The summed E-state index contributed by atoms with van der Waals surface area (Å²) in [6.45, 7) is 5.34. The highest BCUT2D eigenvalue weighted by atomic mass is 16.5. The largest absolute Gasteiger partial charge is 0.379 e. The van der Waals surface area contributed by atoms with Crippen LogP contribution in [0.1, 0.15) is 24.8 Å². The van der Waals surface area contributed by atoms with E-state index in [9.17, 15) is 9.59 Å². The molecular formula is C21H27N4O3. The number of ether oxygens (including phenoxy) is 1. The van der Waals surface area contributed by atoms with Crippen LogP contribution in [0.4, 0.5) is 10.5 Å². The van der Waals surface area contributed by atoms with Crippen LogP contribution in [-0.4, -0.2) is 73.2 Å². The maximum Gasteiger partial charge on any atom is 0.325 e. The number of nitrogens with two attached hydrogens (primary N) is 1. The quantitative estimate of drug-likeness (QED) is 0.827. The standard InChI is InChI=1S/C21H27N4O3/c22-19(26)18-17-2-1-9-24(17)20(27)25(18)16-5-3-15(4-6-16)21(7-8-21)14-23-10-12-28-13-11-23/h2-6,17-18H,1,7-14H2,(H2,22,26)/t17-,18?/m1/s1.